The molecular weight excluding hydrogens is 456 g/mol. The highest BCUT2D eigenvalue weighted by molar-refractivity contribution is 8.00. The molecule has 0 fully saturated rings. The van der Waals surface area contributed by atoms with Gasteiger partial charge in [-0.25, -0.2) is 9.78 Å². The molecule has 2 aromatic heterocycles. The van der Waals surface area contributed by atoms with Crippen molar-refractivity contribution in [2.24, 2.45) is 0 Å². The Bertz CT molecular complexity index is 1300. The number of hydrogen-bond donors (Lipinski definition) is 2. The van der Waals surface area contributed by atoms with Gasteiger partial charge in [-0.2, -0.15) is 0 Å². The van der Waals surface area contributed by atoms with Crippen LogP contribution in [0.5, 0.6) is 0 Å². The minimum atomic E-state index is -0.622. The summed E-state index contributed by atoms with van der Waals surface area (Å²) < 4.78 is 1.65. The quantitative estimate of drug-likeness (QED) is 0.417. The first-order valence-electron chi connectivity index (χ1n) is 11.2. The number of aromatic nitrogens is 2. The fourth-order valence-corrected chi connectivity index (χ4v) is 6.29. The molecule has 1 atom stereocenters. The molecule has 4 rings (SSSR count). The zero-order valence-electron chi connectivity index (χ0n) is 19.3. The molecule has 7 nitrogen and oxygen atoms in total. The summed E-state index contributed by atoms with van der Waals surface area (Å²) in [5.74, 6) is -0.432. The minimum Gasteiger partial charge on any atom is -0.338 e. The van der Waals surface area contributed by atoms with E-state index in [1.807, 2.05) is 32.0 Å². The molecule has 33 heavy (non-hydrogen) atoms. The number of urea groups is 1. The third kappa shape index (κ3) is 4.70. The van der Waals surface area contributed by atoms with Crippen molar-refractivity contribution in [1.29, 1.82) is 0 Å². The van der Waals surface area contributed by atoms with Crippen molar-refractivity contribution in [3.8, 4) is 5.69 Å². The Morgan fingerprint density at radius 1 is 1.24 bits per heavy atom. The molecule has 2 heterocycles. The molecule has 1 aliphatic rings. The Kier molecular flexibility index (Phi) is 6.90. The number of thioether (sulfide) groups is 1. The Hall–Kier alpha value is -2.65. The van der Waals surface area contributed by atoms with Gasteiger partial charge in [0.05, 0.1) is 16.3 Å². The van der Waals surface area contributed by atoms with E-state index in [1.165, 1.54) is 16.6 Å². The monoisotopic (exact) mass is 484 g/mol. The van der Waals surface area contributed by atoms with E-state index in [9.17, 15) is 14.4 Å². The zero-order chi connectivity index (χ0) is 23.7. The summed E-state index contributed by atoms with van der Waals surface area (Å²) in [6.07, 6.45) is 4.09. The lowest BCUT2D eigenvalue weighted by molar-refractivity contribution is -0.119. The largest absolute Gasteiger partial charge is 0.338 e. The highest BCUT2D eigenvalue weighted by atomic mass is 32.2. The SMILES string of the molecule is CCNC(=O)NC(=O)C(C)Sc1nc2sc3c(c2c(=O)n1-c1cc(C)ccc1C)CCCC3. The third-order valence-corrected chi connectivity index (χ3v) is 8.03. The molecule has 0 spiro atoms. The minimum absolute atomic E-state index is 0.0908. The highest BCUT2D eigenvalue weighted by Gasteiger charge is 2.26. The van der Waals surface area contributed by atoms with Crippen molar-refractivity contribution >= 4 is 45.3 Å². The molecule has 9 heteroatoms. The number of imide groups is 1. The number of nitrogens with one attached hydrogen (secondary N) is 2. The number of carbonyl (C=O) groups excluding carboxylic acids is 2. The van der Waals surface area contributed by atoms with E-state index in [-0.39, 0.29) is 5.56 Å². The predicted octanol–water partition coefficient (Wildman–Crippen LogP) is 4.27. The molecule has 0 radical (unpaired) electrons. The van der Waals surface area contributed by atoms with Crippen LogP contribution in [0.1, 0.15) is 48.3 Å². The summed E-state index contributed by atoms with van der Waals surface area (Å²) in [6, 6.07) is 5.45. The van der Waals surface area contributed by atoms with E-state index in [0.29, 0.717) is 17.1 Å². The van der Waals surface area contributed by atoms with Gasteiger partial charge in [-0.05, 0) is 76.1 Å². The number of fused-ring (bicyclic) bond motifs is 3. The summed E-state index contributed by atoms with van der Waals surface area (Å²) in [5, 5.41) is 5.45. The topological polar surface area (TPSA) is 93.1 Å². The summed E-state index contributed by atoms with van der Waals surface area (Å²) in [5.41, 5.74) is 3.80. The van der Waals surface area contributed by atoms with Crippen LogP contribution in [0.3, 0.4) is 0 Å². The summed E-state index contributed by atoms with van der Waals surface area (Å²) in [4.78, 5) is 45.2. The first-order valence-corrected chi connectivity index (χ1v) is 12.9. The molecule has 3 amide bonds. The lowest BCUT2D eigenvalue weighted by Gasteiger charge is -2.18. The van der Waals surface area contributed by atoms with Gasteiger partial charge in [-0.3, -0.25) is 19.5 Å². The van der Waals surface area contributed by atoms with Crippen LogP contribution >= 0.6 is 23.1 Å². The van der Waals surface area contributed by atoms with Crippen LogP contribution in [0.15, 0.2) is 28.2 Å². The van der Waals surface area contributed by atoms with Crippen molar-refractivity contribution < 1.29 is 9.59 Å². The molecule has 0 saturated heterocycles. The highest BCUT2D eigenvalue weighted by Crippen LogP contribution is 2.36. The Labute approximate surface area is 201 Å². The van der Waals surface area contributed by atoms with Crippen LogP contribution < -0.4 is 16.2 Å². The second-order valence-electron chi connectivity index (χ2n) is 8.32. The van der Waals surface area contributed by atoms with E-state index in [4.69, 9.17) is 4.98 Å². The summed E-state index contributed by atoms with van der Waals surface area (Å²) >= 11 is 2.78. The fraction of sp³-hybridized carbons (Fsp3) is 0.417. The maximum atomic E-state index is 13.9. The maximum absolute atomic E-state index is 13.9. The molecule has 0 bridgehead atoms. The number of aryl methyl sites for hydroxylation is 4. The standard InChI is InChI=1S/C24H28N4O3S2/c1-5-25-23(31)26-20(29)15(4)32-24-27-21-19(16-8-6-7-9-18(16)33-21)22(30)28(24)17-12-13(2)10-11-14(17)3/h10-12,15H,5-9H2,1-4H3,(H2,25,26,29,31). The molecule has 1 unspecified atom stereocenters. The van der Waals surface area contributed by atoms with Gasteiger partial charge in [0.2, 0.25) is 5.91 Å². The molecular formula is C24H28N4O3S2. The number of benzene rings is 1. The van der Waals surface area contributed by atoms with E-state index in [0.717, 1.165) is 52.9 Å². The lowest BCUT2D eigenvalue weighted by atomic mass is 9.97. The third-order valence-electron chi connectivity index (χ3n) is 5.79. The van der Waals surface area contributed by atoms with Crippen LogP contribution in [0.4, 0.5) is 4.79 Å². The second kappa shape index (κ2) is 9.69. The van der Waals surface area contributed by atoms with Crippen LogP contribution in [0.25, 0.3) is 15.9 Å². The molecule has 1 aliphatic carbocycles. The van der Waals surface area contributed by atoms with Gasteiger partial charge in [0.15, 0.2) is 5.16 Å². The number of rotatable bonds is 5. The van der Waals surface area contributed by atoms with Gasteiger partial charge in [-0.1, -0.05) is 23.9 Å². The van der Waals surface area contributed by atoms with Crippen molar-refractivity contribution in [3.05, 3.63) is 50.1 Å². The van der Waals surface area contributed by atoms with Crippen LogP contribution in [-0.4, -0.2) is 33.3 Å². The lowest BCUT2D eigenvalue weighted by Crippen LogP contribution is -2.42. The van der Waals surface area contributed by atoms with Crippen molar-refractivity contribution in [1.82, 2.24) is 20.2 Å². The normalized spacial score (nSPS) is 14.1. The van der Waals surface area contributed by atoms with Crippen LogP contribution in [0.2, 0.25) is 0 Å². The van der Waals surface area contributed by atoms with E-state index in [2.05, 4.69) is 10.6 Å². The first-order chi connectivity index (χ1) is 15.8. The maximum Gasteiger partial charge on any atom is 0.321 e. The van der Waals surface area contributed by atoms with Gasteiger partial charge in [0, 0.05) is 11.4 Å². The molecule has 2 N–H and O–H groups in total. The average Bonchev–Trinajstić information content (AvgIpc) is 3.14. The van der Waals surface area contributed by atoms with E-state index in [1.54, 1.807) is 29.8 Å². The molecule has 0 aliphatic heterocycles. The van der Waals surface area contributed by atoms with Crippen molar-refractivity contribution in [3.63, 3.8) is 0 Å². The van der Waals surface area contributed by atoms with Gasteiger partial charge < -0.3 is 5.32 Å². The van der Waals surface area contributed by atoms with E-state index >= 15 is 0 Å². The van der Waals surface area contributed by atoms with Crippen LogP contribution in [-0.2, 0) is 17.6 Å². The smallest absolute Gasteiger partial charge is 0.321 e. The number of thiophene rings is 1. The Morgan fingerprint density at radius 2 is 2.00 bits per heavy atom. The Morgan fingerprint density at radius 3 is 2.76 bits per heavy atom. The molecule has 3 aromatic rings. The number of amides is 3. The molecule has 0 saturated carbocycles. The van der Waals surface area contributed by atoms with Gasteiger partial charge in [0.1, 0.15) is 4.83 Å². The second-order valence-corrected chi connectivity index (χ2v) is 10.7. The van der Waals surface area contributed by atoms with Gasteiger partial charge in [-0.15, -0.1) is 11.3 Å². The van der Waals surface area contributed by atoms with E-state index < -0.39 is 17.2 Å². The predicted molar refractivity (Wildman–Crippen MR) is 134 cm³/mol. The summed E-state index contributed by atoms with van der Waals surface area (Å²) in [6.45, 7) is 7.87. The molecule has 174 valence electrons. The number of nitrogens with zero attached hydrogens (tertiary/aromatic N) is 2. The first kappa shape index (κ1) is 23.5. The summed E-state index contributed by atoms with van der Waals surface area (Å²) in [7, 11) is 0. The zero-order valence-corrected chi connectivity index (χ0v) is 20.9. The van der Waals surface area contributed by atoms with Gasteiger partial charge in [0.25, 0.3) is 5.56 Å². The molecule has 1 aromatic carbocycles. The van der Waals surface area contributed by atoms with Crippen LogP contribution in [0, 0.1) is 13.8 Å². The Balaban J connectivity index is 1.84. The number of carbonyl (C=O) groups is 2. The van der Waals surface area contributed by atoms with Crippen molar-refractivity contribution in [2.75, 3.05) is 6.54 Å². The number of hydrogen-bond acceptors (Lipinski definition) is 6. The van der Waals surface area contributed by atoms with Crippen molar-refractivity contribution in [2.45, 2.75) is 63.8 Å². The van der Waals surface area contributed by atoms with Gasteiger partial charge >= 0.3 is 6.03 Å². The fourth-order valence-electron chi connectivity index (χ4n) is 4.07. The average molecular weight is 485 g/mol.